The van der Waals surface area contributed by atoms with Gasteiger partial charge in [-0.3, -0.25) is 4.79 Å². The van der Waals surface area contributed by atoms with E-state index in [1.165, 1.54) is 49.9 Å². The Balaban J connectivity index is 1.40. The molecule has 1 aliphatic carbocycles. The van der Waals surface area contributed by atoms with Crippen molar-refractivity contribution in [3.63, 3.8) is 0 Å². The van der Waals surface area contributed by atoms with Gasteiger partial charge < -0.3 is 20.3 Å². The summed E-state index contributed by atoms with van der Waals surface area (Å²) < 4.78 is 0. The Morgan fingerprint density at radius 1 is 1.16 bits per heavy atom. The fraction of sp³-hybridized carbons (Fsp3) is 0.440. The highest BCUT2D eigenvalue weighted by Crippen LogP contribution is 2.36. The van der Waals surface area contributed by atoms with Gasteiger partial charge in [0.1, 0.15) is 5.82 Å². The lowest BCUT2D eigenvalue weighted by molar-refractivity contribution is 0.203. The number of aryl methyl sites for hydroxylation is 1. The summed E-state index contributed by atoms with van der Waals surface area (Å²) in [6, 6.07) is 11.1. The normalized spacial score (nSPS) is 17.9. The number of nitrogens with zero attached hydrogens (tertiary/aromatic N) is 2. The molecule has 3 aromatic rings. The van der Waals surface area contributed by atoms with E-state index in [-0.39, 0.29) is 12.2 Å². The number of rotatable bonds is 6. The minimum atomic E-state index is -0.168. The molecule has 31 heavy (non-hydrogen) atoms. The first-order valence-electron chi connectivity index (χ1n) is 11.4. The van der Waals surface area contributed by atoms with E-state index in [2.05, 4.69) is 45.3 Å². The van der Waals surface area contributed by atoms with Crippen molar-refractivity contribution in [3.8, 4) is 0 Å². The molecule has 2 aromatic heterocycles. The maximum Gasteiger partial charge on any atom is 0.259 e. The van der Waals surface area contributed by atoms with Gasteiger partial charge in [-0.15, -0.1) is 0 Å². The molecule has 3 N–H and O–H groups in total. The van der Waals surface area contributed by atoms with Crippen LogP contribution in [0.25, 0.3) is 10.8 Å². The predicted molar refractivity (Wildman–Crippen MR) is 124 cm³/mol. The van der Waals surface area contributed by atoms with E-state index in [1.807, 2.05) is 12.1 Å². The number of hydrogen-bond donors (Lipinski definition) is 3. The van der Waals surface area contributed by atoms with Crippen molar-refractivity contribution in [1.29, 1.82) is 0 Å². The summed E-state index contributed by atoms with van der Waals surface area (Å²) in [5.74, 6) is 1.16. The molecule has 0 unspecified atom stereocenters. The van der Waals surface area contributed by atoms with E-state index in [1.54, 1.807) is 6.20 Å². The van der Waals surface area contributed by atoms with E-state index in [4.69, 9.17) is 0 Å². The molecule has 6 nitrogen and oxygen atoms in total. The number of aromatic amines is 1. The predicted octanol–water partition coefficient (Wildman–Crippen LogP) is 3.85. The first-order chi connectivity index (χ1) is 15.1. The van der Waals surface area contributed by atoms with Gasteiger partial charge in [-0.25, -0.2) is 4.98 Å². The van der Waals surface area contributed by atoms with Crippen molar-refractivity contribution in [1.82, 2.24) is 14.9 Å². The molecule has 0 spiro atoms. The molecular formula is C25H30N4O2. The number of aliphatic hydroxyl groups excluding tert-OH is 1. The third kappa shape index (κ3) is 4.23. The number of benzene rings is 1. The number of fused-ring (bicyclic) bond motifs is 1. The average Bonchev–Trinajstić information content (AvgIpc) is 3.60. The number of pyridine rings is 2. The number of nitrogens with one attached hydrogen (secondary N) is 2. The zero-order valence-corrected chi connectivity index (χ0v) is 18.0. The minimum absolute atomic E-state index is 0.0223. The van der Waals surface area contributed by atoms with Gasteiger partial charge in [0.2, 0.25) is 0 Å². The molecule has 3 heterocycles. The highest BCUT2D eigenvalue weighted by molar-refractivity contribution is 5.92. The van der Waals surface area contributed by atoms with Crippen LogP contribution in [0.15, 0.2) is 41.3 Å². The fourth-order valence-electron chi connectivity index (χ4n) is 4.97. The lowest BCUT2D eigenvalue weighted by Crippen LogP contribution is -2.34. The second-order valence-corrected chi connectivity index (χ2v) is 8.94. The molecular weight excluding hydrogens is 388 g/mol. The van der Waals surface area contributed by atoms with Crippen LogP contribution in [0.4, 0.5) is 11.5 Å². The maximum absolute atomic E-state index is 12.5. The summed E-state index contributed by atoms with van der Waals surface area (Å²) in [5, 5.41) is 14.1. The molecule has 1 aromatic carbocycles. The van der Waals surface area contributed by atoms with Gasteiger partial charge in [-0.2, -0.15) is 0 Å². The van der Waals surface area contributed by atoms with Gasteiger partial charge in [-0.05, 0) is 92.4 Å². The van der Waals surface area contributed by atoms with Gasteiger partial charge >= 0.3 is 0 Å². The molecule has 162 valence electrons. The van der Waals surface area contributed by atoms with E-state index in [0.717, 1.165) is 22.8 Å². The summed E-state index contributed by atoms with van der Waals surface area (Å²) in [6.45, 7) is 4.62. The van der Waals surface area contributed by atoms with Crippen molar-refractivity contribution in [2.45, 2.75) is 51.0 Å². The molecule has 6 heteroatoms. The van der Waals surface area contributed by atoms with Crippen LogP contribution < -0.4 is 10.9 Å². The summed E-state index contributed by atoms with van der Waals surface area (Å²) in [5.41, 5.74) is 4.23. The van der Waals surface area contributed by atoms with Crippen LogP contribution in [0.2, 0.25) is 0 Å². The first-order valence-corrected chi connectivity index (χ1v) is 11.4. The Labute approximate surface area is 182 Å². The molecule has 5 rings (SSSR count). The monoisotopic (exact) mass is 418 g/mol. The Hall–Kier alpha value is -2.70. The number of likely N-dealkylation sites (tertiary alicyclic amines) is 1. The van der Waals surface area contributed by atoms with Crippen LogP contribution >= 0.6 is 0 Å². The zero-order valence-electron chi connectivity index (χ0n) is 18.0. The van der Waals surface area contributed by atoms with Crippen molar-refractivity contribution in [2.75, 3.05) is 25.0 Å². The van der Waals surface area contributed by atoms with E-state index in [9.17, 15) is 9.90 Å². The molecule has 0 atom stereocenters. The third-order valence-corrected chi connectivity index (χ3v) is 6.74. The standard InChI is InChI=1S/C25H30N4O2/c1-16-14-19(2-5-22(16)17-7-11-29(12-8-17)21-3-4-21)27-24-23-18(6-10-26-25(23)31)15-20(28-24)9-13-30/h2,5-6,10,14-15,17,21,30H,3-4,7-9,11-13H2,1H3,(H,26,31)(H,27,28). The molecule has 0 radical (unpaired) electrons. The molecule has 0 bridgehead atoms. The number of aromatic nitrogens is 2. The average molecular weight is 419 g/mol. The van der Waals surface area contributed by atoms with E-state index < -0.39 is 0 Å². The molecule has 1 saturated heterocycles. The summed E-state index contributed by atoms with van der Waals surface area (Å²) in [6.07, 6.45) is 7.33. The Bertz CT molecular complexity index is 1140. The molecule has 2 aliphatic rings. The largest absolute Gasteiger partial charge is 0.396 e. The molecule has 2 fully saturated rings. The lowest BCUT2D eigenvalue weighted by Gasteiger charge is -2.33. The number of H-pyrrole nitrogens is 1. The van der Waals surface area contributed by atoms with Gasteiger partial charge in [0, 0.05) is 36.6 Å². The van der Waals surface area contributed by atoms with Crippen molar-refractivity contribution < 1.29 is 5.11 Å². The molecule has 1 aliphatic heterocycles. The number of anilines is 2. The third-order valence-electron chi connectivity index (χ3n) is 6.74. The van der Waals surface area contributed by atoms with E-state index in [0.29, 0.717) is 23.5 Å². The highest BCUT2D eigenvalue weighted by atomic mass is 16.3. The first kappa shape index (κ1) is 20.2. The smallest absolute Gasteiger partial charge is 0.259 e. The zero-order chi connectivity index (χ0) is 21.4. The summed E-state index contributed by atoms with van der Waals surface area (Å²) in [4.78, 5) is 22.5. The lowest BCUT2D eigenvalue weighted by atomic mass is 9.86. The highest BCUT2D eigenvalue weighted by Gasteiger charge is 2.32. The SMILES string of the molecule is Cc1cc(Nc2nc(CCO)cc3cc[nH]c(=O)c23)ccc1C1CCN(C2CC2)CC1. The number of hydrogen-bond acceptors (Lipinski definition) is 5. The maximum atomic E-state index is 12.5. The van der Waals surface area contributed by atoms with Gasteiger partial charge in [-0.1, -0.05) is 6.07 Å². The Kier molecular flexibility index (Phi) is 5.50. The van der Waals surface area contributed by atoms with E-state index >= 15 is 0 Å². The Morgan fingerprint density at radius 3 is 2.68 bits per heavy atom. The van der Waals surface area contributed by atoms with Crippen LogP contribution in [-0.2, 0) is 6.42 Å². The van der Waals surface area contributed by atoms with Gasteiger partial charge in [0.15, 0.2) is 0 Å². The molecule has 1 saturated carbocycles. The van der Waals surface area contributed by atoms with Gasteiger partial charge in [0.25, 0.3) is 5.56 Å². The Morgan fingerprint density at radius 2 is 1.97 bits per heavy atom. The summed E-state index contributed by atoms with van der Waals surface area (Å²) >= 11 is 0. The van der Waals surface area contributed by atoms with Gasteiger partial charge in [0.05, 0.1) is 5.39 Å². The van der Waals surface area contributed by atoms with Crippen LogP contribution in [-0.4, -0.2) is 45.7 Å². The second kappa shape index (κ2) is 8.44. The molecule has 0 amide bonds. The minimum Gasteiger partial charge on any atom is -0.396 e. The summed E-state index contributed by atoms with van der Waals surface area (Å²) in [7, 11) is 0. The van der Waals surface area contributed by atoms with Crippen LogP contribution in [0.5, 0.6) is 0 Å². The number of aliphatic hydroxyl groups is 1. The van der Waals surface area contributed by atoms with Crippen LogP contribution in [0.1, 0.15) is 48.4 Å². The van der Waals surface area contributed by atoms with Crippen molar-refractivity contribution >= 4 is 22.3 Å². The number of piperidine rings is 1. The second-order valence-electron chi connectivity index (χ2n) is 8.94. The fourth-order valence-corrected chi connectivity index (χ4v) is 4.97. The van der Waals surface area contributed by atoms with Crippen molar-refractivity contribution in [3.05, 3.63) is 63.7 Å². The van der Waals surface area contributed by atoms with Crippen LogP contribution in [0, 0.1) is 6.92 Å². The topological polar surface area (TPSA) is 81.2 Å². The quantitative estimate of drug-likeness (QED) is 0.567. The van der Waals surface area contributed by atoms with Crippen molar-refractivity contribution in [2.24, 2.45) is 0 Å². The van der Waals surface area contributed by atoms with Crippen LogP contribution in [0.3, 0.4) is 0 Å².